The van der Waals surface area contributed by atoms with Gasteiger partial charge in [-0.3, -0.25) is 9.36 Å². The Balaban J connectivity index is 2.60. The van der Waals surface area contributed by atoms with Gasteiger partial charge in [-0.25, -0.2) is 9.89 Å². The molecule has 0 bridgehead atoms. The van der Waals surface area contributed by atoms with Crippen LogP contribution in [-0.2, 0) is 11.3 Å². The van der Waals surface area contributed by atoms with Crippen LogP contribution in [0.25, 0.3) is 0 Å². The van der Waals surface area contributed by atoms with Crippen molar-refractivity contribution in [3.8, 4) is 0 Å². The lowest BCUT2D eigenvalue weighted by Gasteiger charge is -2.01. The van der Waals surface area contributed by atoms with E-state index >= 15 is 0 Å². The average Bonchev–Trinajstić information content (AvgIpc) is 2.50. The summed E-state index contributed by atoms with van der Waals surface area (Å²) in [4.78, 5) is 21.5. The Bertz CT molecular complexity index is 385. The van der Waals surface area contributed by atoms with E-state index in [1.54, 1.807) is 0 Å². The Morgan fingerprint density at radius 3 is 3.00 bits per heavy atom. The third-order valence-corrected chi connectivity index (χ3v) is 2.70. The highest BCUT2D eigenvalue weighted by molar-refractivity contribution is 7.99. The molecule has 0 radical (unpaired) electrons. The highest BCUT2D eigenvalue weighted by Gasteiger charge is 2.08. The molecule has 2 N–H and O–H groups in total. The zero-order chi connectivity index (χ0) is 11.3. The standard InChI is InChI=1S/C8H13N3O3S/c1-2-4-11-7(14)9-10-8(11)15-5-3-6(12)13/h2-5H2,1H3,(H,9,14)(H,12,13). The zero-order valence-electron chi connectivity index (χ0n) is 8.39. The molecule has 0 amide bonds. The first-order valence-corrected chi connectivity index (χ1v) is 5.63. The number of carboxylic acid groups (broad SMARTS) is 1. The molecule has 1 rings (SSSR count). The second-order valence-corrected chi connectivity index (χ2v) is 4.02. The molecular formula is C8H13N3O3S. The number of hydrogen-bond donors (Lipinski definition) is 2. The lowest BCUT2D eigenvalue weighted by molar-refractivity contribution is -0.136. The van der Waals surface area contributed by atoms with E-state index in [9.17, 15) is 9.59 Å². The molecule has 0 spiro atoms. The third-order valence-electron chi connectivity index (χ3n) is 1.72. The summed E-state index contributed by atoms with van der Waals surface area (Å²) >= 11 is 1.28. The number of rotatable bonds is 6. The van der Waals surface area contributed by atoms with E-state index in [1.165, 1.54) is 16.3 Å². The van der Waals surface area contributed by atoms with Gasteiger partial charge in [0.2, 0.25) is 0 Å². The van der Waals surface area contributed by atoms with Gasteiger partial charge in [-0.1, -0.05) is 18.7 Å². The van der Waals surface area contributed by atoms with Gasteiger partial charge in [0, 0.05) is 12.3 Å². The Morgan fingerprint density at radius 2 is 2.40 bits per heavy atom. The predicted molar refractivity (Wildman–Crippen MR) is 56.1 cm³/mol. The molecule has 0 unspecified atom stereocenters. The molecule has 0 aliphatic heterocycles. The van der Waals surface area contributed by atoms with Gasteiger partial charge in [0.05, 0.1) is 6.42 Å². The smallest absolute Gasteiger partial charge is 0.343 e. The molecule has 0 saturated carbocycles. The van der Waals surface area contributed by atoms with Crippen molar-refractivity contribution in [2.45, 2.75) is 31.5 Å². The lowest BCUT2D eigenvalue weighted by Crippen LogP contribution is -2.17. The van der Waals surface area contributed by atoms with Crippen LogP contribution in [-0.4, -0.2) is 31.6 Å². The van der Waals surface area contributed by atoms with Crippen LogP contribution in [0.1, 0.15) is 19.8 Å². The molecule has 84 valence electrons. The minimum Gasteiger partial charge on any atom is -0.481 e. The minimum atomic E-state index is -0.845. The van der Waals surface area contributed by atoms with E-state index in [2.05, 4.69) is 10.2 Å². The summed E-state index contributed by atoms with van der Waals surface area (Å²) in [5.41, 5.74) is -0.241. The van der Waals surface area contributed by atoms with Crippen LogP contribution in [0.4, 0.5) is 0 Å². The number of H-pyrrole nitrogens is 1. The minimum absolute atomic E-state index is 0.0673. The largest absolute Gasteiger partial charge is 0.481 e. The topological polar surface area (TPSA) is 88.0 Å². The highest BCUT2D eigenvalue weighted by Crippen LogP contribution is 2.14. The maximum absolute atomic E-state index is 11.2. The number of carboxylic acids is 1. The number of nitrogens with one attached hydrogen (secondary N) is 1. The molecule has 0 aliphatic carbocycles. The summed E-state index contributed by atoms with van der Waals surface area (Å²) in [6.07, 6.45) is 0.907. The van der Waals surface area contributed by atoms with Gasteiger partial charge < -0.3 is 5.11 Å². The van der Waals surface area contributed by atoms with E-state index in [0.717, 1.165) is 6.42 Å². The summed E-state index contributed by atoms with van der Waals surface area (Å²) in [5, 5.41) is 15.2. The van der Waals surface area contributed by atoms with Gasteiger partial charge in [0.1, 0.15) is 0 Å². The van der Waals surface area contributed by atoms with Crippen molar-refractivity contribution >= 4 is 17.7 Å². The van der Waals surface area contributed by atoms with Crippen molar-refractivity contribution in [3.63, 3.8) is 0 Å². The molecule has 15 heavy (non-hydrogen) atoms. The fraction of sp³-hybridized carbons (Fsp3) is 0.625. The molecule has 7 heteroatoms. The highest BCUT2D eigenvalue weighted by atomic mass is 32.2. The maximum Gasteiger partial charge on any atom is 0.343 e. The van der Waals surface area contributed by atoms with Gasteiger partial charge in [-0.15, -0.1) is 5.10 Å². The first-order chi connectivity index (χ1) is 7.15. The molecule has 1 aromatic rings. The van der Waals surface area contributed by atoms with Crippen LogP contribution in [0.5, 0.6) is 0 Å². The van der Waals surface area contributed by atoms with Gasteiger partial charge in [0.25, 0.3) is 0 Å². The number of aromatic nitrogens is 3. The molecule has 0 fully saturated rings. The number of nitrogens with zero attached hydrogens (tertiary/aromatic N) is 2. The monoisotopic (exact) mass is 231 g/mol. The van der Waals surface area contributed by atoms with Crippen LogP contribution in [0, 0.1) is 0 Å². The summed E-state index contributed by atoms with van der Waals surface area (Å²) < 4.78 is 1.52. The summed E-state index contributed by atoms with van der Waals surface area (Å²) in [5.74, 6) is -0.425. The molecule has 0 aromatic carbocycles. The second-order valence-electron chi connectivity index (χ2n) is 2.96. The zero-order valence-corrected chi connectivity index (χ0v) is 9.21. The molecular weight excluding hydrogens is 218 g/mol. The molecule has 0 saturated heterocycles. The van der Waals surface area contributed by atoms with Crippen molar-refractivity contribution in [2.75, 3.05) is 5.75 Å². The number of aromatic amines is 1. The van der Waals surface area contributed by atoms with Crippen molar-refractivity contribution in [1.82, 2.24) is 14.8 Å². The third kappa shape index (κ3) is 3.43. The average molecular weight is 231 g/mol. The van der Waals surface area contributed by atoms with E-state index in [4.69, 9.17) is 5.11 Å². The van der Waals surface area contributed by atoms with Crippen LogP contribution in [0.2, 0.25) is 0 Å². The van der Waals surface area contributed by atoms with Crippen LogP contribution >= 0.6 is 11.8 Å². The van der Waals surface area contributed by atoms with Crippen molar-refractivity contribution in [3.05, 3.63) is 10.5 Å². The Kier molecular flexibility index (Phi) is 4.41. The first kappa shape index (κ1) is 11.8. The van der Waals surface area contributed by atoms with Crippen molar-refractivity contribution in [1.29, 1.82) is 0 Å². The van der Waals surface area contributed by atoms with Crippen LogP contribution in [0.3, 0.4) is 0 Å². The second kappa shape index (κ2) is 5.59. The molecule has 6 nitrogen and oxygen atoms in total. The van der Waals surface area contributed by atoms with Crippen molar-refractivity contribution in [2.24, 2.45) is 0 Å². The lowest BCUT2D eigenvalue weighted by atomic mass is 10.5. The summed E-state index contributed by atoms with van der Waals surface area (Å²) in [7, 11) is 0. The number of aliphatic carboxylic acids is 1. The number of hydrogen-bond acceptors (Lipinski definition) is 4. The van der Waals surface area contributed by atoms with Crippen molar-refractivity contribution < 1.29 is 9.90 Å². The molecule has 0 atom stereocenters. The summed E-state index contributed by atoms with van der Waals surface area (Å²) in [6, 6.07) is 0. The molecule has 1 heterocycles. The molecule has 1 aromatic heterocycles. The summed E-state index contributed by atoms with van der Waals surface area (Å²) in [6.45, 7) is 2.57. The van der Waals surface area contributed by atoms with Crippen LogP contribution < -0.4 is 5.69 Å². The normalized spacial score (nSPS) is 10.5. The van der Waals surface area contributed by atoms with Gasteiger partial charge in [-0.2, -0.15) is 0 Å². The van der Waals surface area contributed by atoms with E-state index in [1.807, 2.05) is 6.92 Å². The molecule has 0 aliphatic rings. The fourth-order valence-electron chi connectivity index (χ4n) is 1.06. The quantitative estimate of drug-likeness (QED) is 0.698. The number of thioether (sulfide) groups is 1. The fourth-order valence-corrected chi connectivity index (χ4v) is 1.96. The van der Waals surface area contributed by atoms with E-state index in [-0.39, 0.29) is 12.1 Å². The SMILES string of the molecule is CCCn1c(SCCC(=O)O)n[nH]c1=O. The van der Waals surface area contributed by atoms with Gasteiger partial charge in [0.15, 0.2) is 5.16 Å². The Morgan fingerprint density at radius 1 is 1.67 bits per heavy atom. The van der Waals surface area contributed by atoms with E-state index in [0.29, 0.717) is 17.5 Å². The predicted octanol–water partition coefficient (Wildman–Crippen LogP) is 0.548. The maximum atomic E-state index is 11.2. The van der Waals surface area contributed by atoms with E-state index < -0.39 is 5.97 Å². The Labute approximate surface area is 90.7 Å². The Hall–Kier alpha value is -1.24. The van der Waals surface area contributed by atoms with Crippen LogP contribution in [0.15, 0.2) is 9.95 Å². The first-order valence-electron chi connectivity index (χ1n) is 4.65. The van der Waals surface area contributed by atoms with Gasteiger partial charge in [-0.05, 0) is 6.42 Å². The van der Waals surface area contributed by atoms with Gasteiger partial charge >= 0.3 is 11.7 Å². The number of carbonyl (C=O) groups is 1.